The maximum absolute atomic E-state index is 12.3. The molecule has 0 saturated carbocycles. The highest BCUT2D eigenvalue weighted by Gasteiger charge is 2.12. The molecular formula is C22H21BrN2O3. The molecule has 1 amide bonds. The number of carbonyl (C=O) groups excluding carboxylic acids is 1. The molecule has 0 atom stereocenters. The van der Waals surface area contributed by atoms with Crippen LogP contribution < -0.4 is 15.0 Å². The molecule has 1 saturated heterocycles. The first-order valence-corrected chi connectivity index (χ1v) is 10.0. The molecule has 144 valence electrons. The second kappa shape index (κ2) is 8.63. The Bertz CT molecular complexity index is 969. The van der Waals surface area contributed by atoms with E-state index in [-0.39, 0.29) is 12.5 Å². The van der Waals surface area contributed by atoms with Crippen molar-refractivity contribution in [3.8, 4) is 5.75 Å². The predicted octanol–water partition coefficient (Wildman–Crippen LogP) is 4.46. The molecule has 1 aliphatic heterocycles. The molecule has 1 heterocycles. The topological polar surface area (TPSA) is 50.8 Å². The van der Waals surface area contributed by atoms with E-state index in [2.05, 4.69) is 26.1 Å². The lowest BCUT2D eigenvalue weighted by atomic mass is 10.1. The van der Waals surface area contributed by atoms with Crippen molar-refractivity contribution in [2.75, 3.05) is 43.1 Å². The molecule has 5 nitrogen and oxygen atoms in total. The zero-order valence-electron chi connectivity index (χ0n) is 15.4. The standard InChI is InChI=1S/C22H21BrN2O3/c23-22-19-4-2-1-3-16(19)5-10-20(22)28-15-21(26)24-17-6-8-18(9-7-17)25-11-13-27-14-12-25/h1-10H,11-15H2,(H,24,26). The van der Waals surface area contributed by atoms with Crippen LogP contribution in [0.2, 0.25) is 0 Å². The normalized spacial score (nSPS) is 14.1. The SMILES string of the molecule is O=C(COc1ccc2ccccc2c1Br)Nc1ccc(N2CCOCC2)cc1. The number of nitrogens with zero attached hydrogens (tertiary/aromatic N) is 1. The van der Waals surface area contributed by atoms with Crippen LogP contribution in [-0.2, 0) is 9.53 Å². The summed E-state index contributed by atoms with van der Waals surface area (Å²) in [7, 11) is 0. The van der Waals surface area contributed by atoms with Crippen molar-refractivity contribution in [1.29, 1.82) is 0 Å². The van der Waals surface area contributed by atoms with Crippen molar-refractivity contribution in [2.24, 2.45) is 0 Å². The van der Waals surface area contributed by atoms with E-state index in [9.17, 15) is 4.79 Å². The van der Waals surface area contributed by atoms with Gasteiger partial charge in [-0.25, -0.2) is 0 Å². The van der Waals surface area contributed by atoms with Crippen LogP contribution in [-0.4, -0.2) is 38.8 Å². The van der Waals surface area contributed by atoms with E-state index >= 15 is 0 Å². The summed E-state index contributed by atoms with van der Waals surface area (Å²) in [6, 6.07) is 19.7. The Morgan fingerprint density at radius 1 is 1.04 bits per heavy atom. The highest BCUT2D eigenvalue weighted by molar-refractivity contribution is 9.10. The fourth-order valence-corrected chi connectivity index (χ4v) is 3.85. The third kappa shape index (κ3) is 4.29. The molecular weight excluding hydrogens is 420 g/mol. The Morgan fingerprint density at radius 3 is 2.57 bits per heavy atom. The van der Waals surface area contributed by atoms with Crippen LogP contribution in [0.4, 0.5) is 11.4 Å². The summed E-state index contributed by atoms with van der Waals surface area (Å²) in [6.45, 7) is 3.23. The van der Waals surface area contributed by atoms with Crippen LogP contribution in [0.1, 0.15) is 0 Å². The zero-order valence-corrected chi connectivity index (χ0v) is 16.9. The van der Waals surface area contributed by atoms with E-state index < -0.39 is 0 Å². The summed E-state index contributed by atoms with van der Waals surface area (Å²) < 4.78 is 11.9. The fraction of sp³-hybridized carbons (Fsp3) is 0.227. The van der Waals surface area contributed by atoms with Crippen LogP contribution in [0, 0.1) is 0 Å². The van der Waals surface area contributed by atoms with Gasteiger partial charge in [0, 0.05) is 24.5 Å². The minimum Gasteiger partial charge on any atom is -0.483 e. The van der Waals surface area contributed by atoms with Crippen molar-refractivity contribution >= 4 is 44.0 Å². The van der Waals surface area contributed by atoms with Crippen LogP contribution >= 0.6 is 15.9 Å². The monoisotopic (exact) mass is 440 g/mol. The number of morpholine rings is 1. The minimum atomic E-state index is -0.195. The zero-order chi connectivity index (χ0) is 19.3. The van der Waals surface area contributed by atoms with Gasteiger partial charge in [0.25, 0.3) is 5.91 Å². The van der Waals surface area contributed by atoms with Crippen LogP contribution in [0.25, 0.3) is 10.8 Å². The van der Waals surface area contributed by atoms with Crippen molar-refractivity contribution in [3.05, 3.63) is 65.1 Å². The maximum atomic E-state index is 12.3. The molecule has 3 aromatic rings. The van der Waals surface area contributed by atoms with E-state index in [1.165, 1.54) is 0 Å². The van der Waals surface area contributed by atoms with Crippen molar-refractivity contribution < 1.29 is 14.3 Å². The Hall–Kier alpha value is -2.57. The van der Waals surface area contributed by atoms with Crippen molar-refractivity contribution in [3.63, 3.8) is 0 Å². The number of ether oxygens (including phenoxy) is 2. The average Bonchev–Trinajstić information content (AvgIpc) is 2.75. The number of fused-ring (bicyclic) bond motifs is 1. The molecule has 6 heteroatoms. The first-order chi connectivity index (χ1) is 13.7. The number of carbonyl (C=O) groups is 1. The number of hydrogen-bond donors (Lipinski definition) is 1. The molecule has 1 N–H and O–H groups in total. The quantitative estimate of drug-likeness (QED) is 0.636. The van der Waals surface area contributed by atoms with Gasteiger partial charge < -0.3 is 19.7 Å². The molecule has 4 rings (SSSR count). The fourth-order valence-electron chi connectivity index (χ4n) is 3.24. The third-order valence-electron chi connectivity index (χ3n) is 4.71. The molecule has 0 bridgehead atoms. The maximum Gasteiger partial charge on any atom is 0.262 e. The van der Waals surface area contributed by atoms with Gasteiger partial charge in [0.15, 0.2) is 6.61 Å². The molecule has 0 radical (unpaired) electrons. The van der Waals surface area contributed by atoms with Gasteiger partial charge in [0.05, 0.1) is 17.7 Å². The van der Waals surface area contributed by atoms with Gasteiger partial charge in [-0.15, -0.1) is 0 Å². The number of nitrogens with one attached hydrogen (secondary N) is 1. The summed E-state index contributed by atoms with van der Waals surface area (Å²) >= 11 is 3.57. The molecule has 0 unspecified atom stereocenters. The number of anilines is 2. The first-order valence-electron chi connectivity index (χ1n) is 9.23. The molecule has 1 aliphatic rings. The van der Waals surface area contributed by atoms with Crippen molar-refractivity contribution in [2.45, 2.75) is 0 Å². The van der Waals surface area contributed by atoms with E-state index in [1.807, 2.05) is 60.7 Å². The molecule has 0 aromatic heterocycles. The Morgan fingerprint density at radius 2 is 1.79 bits per heavy atom. The van der Waals surface area contributed by atoms with Crippen LogP contribution in [0.15, 0.2) is 65.1 Å². The molecule has 0 aliphatic carbocycles. The van der Waals surface area contributed by atoms with Gasteiger partial charge in [-0.1, -0.05) is 30.3 Å². The molecule has 1 fully saturated rings. The Balaban J connectivity index is 1.35. The number of hydrogen-bond acceptors (Lipinski definition) is 4. The van der Waals surface area contributed by atoms with E-state index in [0.29, 0.717) is 5.75 Å². The van der Waals surface area contributed by atoms with Crippen molar-refractivity contribution in [1.82, 2.24) is 0 Å². The molecule has 28 heavy (non-hydrogen) atoms. The second-order valence-corrected chi connectivity index (χ2v) is 7.37. The number of rotatable bonds is 5. The first kappa shape index (κ1) is 18.8. The van der Waals surface area contributed by atoms with Crippen LogP contribution in [0.5, 0.6) is 5.75 Å². The summed E-state index contributed by atoms with van der Waals surface area (Å²) in [6.07, 6.45) is 0. The van der Waals surface area contributed by atoms with Gasteiger partial charge in [-0.3, -0.25) is 4.79 Å². The van der Waals surface area contributed by atoms with Gasteiger partial charge in [-0.2, -0.15) is 0 Å². The second-order valence-electron chi connectivity index (χ2n) is 6.58. The summed E-state index contributed by atoms with van der Waals surface area (Å²) in [5.41, 5.74) is 1.89. The number of amides is 1. The summed E-state index contributed by atoms with van der Waals surface area (Å²) in [4.78, 5) is 14.5. The number of benzene rings is 3. The Kier molecular flexibility index (Phi) is 5.78. The van der Waals surface area contributed by atoms with Gasteiger partial charge in [-0.05, 0) is 57.0 Å². The van der Waals surface area contributed by atoms with E-state index in [1.54, 1.807) is 0 Å². The van der Waals surface area contributed by atoms with Gasteiger partial charge >= 0.3 is 0 Å². The predicted molar refractivity (Wildman–Crippen MR) is 115 cm³/mol. The third-order valence-corrected chi connectivity index (χ3v) is 5.53. The Labute approximate surface area is 172 Å². The smallest absolute Gasteiger partial charge is 0.262 e. The van der Waals surface area contributed by atoms with Crippen LogP contribution in [0.3, 0.4) is 0 Å². The summed E-state index contributed by atoms with van der Waals surface area (Å²) in [5, 5.41) is 5.05. The highest BCUT2D eigenvalue weighted by atomic mass is 79.9. The number of halogens is 1. The largest absolute Gasteiger partial charge is 0.483 e. The van der Waals surface area contributed by atoms with E-state index in [4.69, 9.17) is 9.47 Å². The molecule has 3 aromatic carbocycles. The summed E-state index contributed by atoms with van der Waals surface area (Å²) in [5.74, 6) is 0.454. The van der Waals surface area contributed by atoms with E-state index in [0.717, 1.165) is 52.9 Å². The molecule has 0 spiro atoms. The van der Waals surface area contributed by atoms with Gasteiger partial charge in [0.1, 0.15) is 5.75 Å². The lowest BCUT2D eigenvalue weighted by Crippen LogP contribution is -2.36. The van der Waals surface area contributed by atoms with Gasteiger partial charge in [0.2, 0.25) is 0 Å². The average molecular weight is 441 g/mol. The minimum absolute atomic E-state index is 0.0534. The highest BCUT2D eigenvalue weighted by Crippen LogP contribution is 2.33. The lowest BCUT2D eigenvalue weighted by Gasteiger charge is -2.28. The lowest BCUT2D eigenvalue weighted by molar-refractivity contribution is -0.118.